The van der Waals surface area contributed by atoms with Gasteiger partial charge in [0.05, 0.1) is 23.0 Å². The van der Waals surface area contributed by atoms with Crippen LogP contribution in [0.2, 0.25) is 0 Å². The number of amides is 1. The zero-order chi connectivity index (χ0) is 24.9. The Bertz CT molecular complexity index is 1400. The monoisotopic (exact) mass is 515 g/mol. The van der Waals surface area contributed by atoms with E-state index in [1.165, 1.54) is 46.8 Å². The number of hydrogen-bond donors (Lipinski definition) is 2. The van der Waals surface area contributed by atoms with E-state index in [2.05, 4.69) is 10.0 Å². The lowest BCUT2D eigenvalue weighted by atomic mass is 10.2. The molecule has 35 heavy (non-hydrogen) atoms. The average molecular weight is 516 g/mol. The summed E-state index contributed by atoms with van der Waals surface area (Å²) in [6.07, 6.45) is 0. The maximum absolute atomic E-state index is 12.9. The molecule has 0 spiro atoms. The number of carbonyl (C=O) groups is 1. The highest BCUT2D eigenvalue weighted by molar-refractivity contribution is 7.89. The molecule has 184 valence electrons. The molecule has 2 N–H and O–H groups in total. The first kappa shape index (κ1) is 25.0. The Morgan fingerprint density at radius 2 is 1.51 bits per heavy atom. The van der Waals surface area contributed by atoms with Crippen LogP contribution < -0.4 is 10.0 Å². The van der Waals surface area contributed by atoms with Gasteiger partial charge in [0, 0.05) is 30.9 Å². The molecule has 1 amide bonds. The van der Waals surface area contributed by atoms with E-state index in [0.29, 0.717) is 13.2 Å². The predicted octanol–water partition coefficient (Wildman–Crippen LogP) is 2.44. The molecule has 3 aromatic carbocycles. The molecule has 0 atom stereocenters. The van der Waals surface area contributed by atoms with Crippen LogP contribution in [0.5, 0.6) is 0 Å². The molecule has 1 heterocycles. The van der Waals surface area contributed by atoms with Crippen molar-refractivity contribution in [3.8, 4) is 0 Å². The molecule has 1 aliphatic rings. The molecule has 0 bridgehead atoms. The first-order valence-electron chi connectivity index (χ1n) is 10.9. The van der Waals surface area contributed by atoms with Crippen molar-refractivity contribution in [1.29, 1.82) is 0 Å². The highest BCUT2D eigenvalue weighted by Crippen LogP contribution is 2.21. The lowest BCUT2D eigenvalue weighted by Gasteiger charge is -2.26. The molecule has 4 rings (SSSR count). The number of anilines is 1. The summed E-state index contributed by atoms with van der Waals surface area (Å²) < 4.78 is 60.3. The highest BCUT2D eigenvalue weighted by Gasteiger charge is 2.26. The first-order valence-corrected chi connectivity index (χ1v) is 13.8. The number of carbonyl (C=O) groups excluding carboxylic acids is 1. The minimum atomic E-state index is -3.85. The maximum atomic E-state index is 12.9. The van der Waals surface area contributed by atoms with Gasteiger partial charge >= 0.3 is 0 Å². The smallest absolute Gasteiger partial charge is 0.255 e. The van der Waals surface area contributed by atoms with E-state index in [1.54, 1.807) is 18.2 Å². The molecular weight excluding hydrogens is 490 g/mol. The third kappa shape index (κ3) is 6.13. The van der Waals surface area contributed by atoms with Crippen LogP contribution in [0.3, 0.4) is 0 Å². The van der Waals surface area contributed by atoms with E-state index < -0.39 is 26.0 Å². The average Bonchev–Trinajstić information content (AvgIpc) is 2.89. The zero-order valence-corrected chi connectivity index (χ0v) is 20.4. The van der Waals surface area contributed by atoms with E-state index in [9.17, 15) is 21.6 Å². The van der Waals surface area contributed by atoms with Crippen LogP contribution in [0.25, 0.3) is 0 Å². The standard InChI is InChI=1S/C24H25N3O6S2/c28-24(26-21-9-5-11-23(17-21)35(31,32)27-12-14-33-15-13-27)20-8-4-10-22(16-20)34(29,30)25-18-19-6-2-1-3-7-19/h1-11,16-17,25H,12-15,18H2,(H,26,28). The summed E-state index contributed by atoms with van der Waals surface area (Å²) in [6.45, 7) is 1.30. The second kappa shape index (κ2) is 10.7. The lowest BCUT2D eigenvalue weighted by molar-refractivity contribution is 0.0730. The molecule has 9 nitrogen and oxygen atoms in total. The molecule has 1 aliphatic heterocycles. The molecule has 0 saturated carbocycles. The van der Waals surface area contributed by atoms with Crippen molar-refractivity contribution >= 4 is 31.6 Å². The zero-order valence-electron chi connectivity index (χ0n) is 18.8. The van der Waals surface area contributed by atoms with Gasteiger partial charge in [0.15, 0.2) is 0 Å². The number of sulfonamides is 2. The Hall–Kier alpha value is -3.09. The van der Waals surface area contributed by atoms with Gasteiger partial charge in [0.2, 0.25) is 20.0 Å². The first-order chi connectivity index (χ1) is 16.8. The fraction of sp³-hybridized carbons (Fsp3) is 0.208. The van der Waals surface area contributed by atoms with E-state index in [1.807, 2.05) is 18.2 Å². The van der Waals surface area contributed by atoms with Crippen LogP contribution in [0.15, 0.2) is 88.7 Å². The van der Waals surface area contributed by atoms with Crippen LogP contribution in [0.4, 0.5) is 5.69 Å². The fourth-order valence-corrected chi connectivity index (χ4v) is 6.05. The Kier molecular flexibility index (Phi) is 7.63. The largest absolute Gasteiger partial charge is 0.379 e. The Labute approximate surface area is 204 Å². The van der Waals surface area contributed by atoms with Crippen molar-refractivity contribution in [1.82, 2.24) is 9.03 Å². The SMILES string of the molecule is O=C(Nc1cccc(S(=O)(=O)N2CCOCC2)c1)c1cccc(S(=O)(=O)NCc2ccccc2)c1. The van der Waals surface area contributed by atoms with Gasteiger partial charge in [-0.25, -0.2) is 21.6 Å². The third-order valence-electron chi connectivity index (χ3n) is 5.42. The van der Waals surface area contributed by atoms with Crippen LogP contribution in [-0.4, -0.2) is 53.4 Å². The van der Waals surface area contributed by atoms with Gasteiger partial charge in [-0.15, -0.1) is 0 Å². The lowest BCUT2D eigenvalue weighted by Crippen LogP contribution is -2.40. The van der Waals surface area contributed by atoms with E-state index >= 15 is 0 Å². The number of nitrogens with zero attached hydrogens (tertiary/aromatic N) is 1. The fourth-order valence-electron chi connectivity index (χ4n) is 3.54. The van der Waals surface area contributed by atoms with E-state index in [-0.39, 0.29) is 40.7 Å². The number of nitrogens with one attached hydrogen (secondary N) is 2. The minimum Gasteiger partial charge on any atom is -0.379 e. The summed E-state index contributed by atoms with van der Waals surface area (Å²) in [6, 6.07) is 20.7. The summed E-state index contributed by atoms with van der Waals surface area (Å²) >= 11 is 0. The van der Waals surface area contributed by atoms with Crippen LogP contribution in [0.1, 0.15) is 15.9 Å². The predicted molar refractivity (Wildman–Crippen MR) is 131 cm³/mol. The van der Waals surface area contributed by atoms with Gasteiger partial charge in [-0.1, -0.05) is 42.5 Å². The van der Waals surface area contributed by atoms with Crippen molar-refractivity contribution in [3.05, 3.63) is 90.0 Å². The third-order valence-corrected chi connectivity index (χ3v) is 8.71. The molecule has 0 radical (unpaired) electrons. The normalized spacial score (nSPS) is 15.0. The quantitative estimate of drug-likeness (QED) is 0.475. The number of hydrogen-bond acceptors (Lipinski definition) is 6. The molecule has 3 aromatic rings. The highest BCUT2D eigenvalue weighted by atomic mass is 32.2. The van der Waals surface area contributed by atoms with E-state index in [4.69, 9.17) is 4.74 Å². The molecule has 0 unspecified atom stereocenters. The van der Waals surface area contributed by atoms with Gasteiger partial charge in [-0.3, -0.25) is 4.79 Å². The van der Waals surface area contributed by atoms with Crippen molar-refractivity contribution in [2.45, 2.75) is 16.3 Å². The van der Waals surface area contributed by atoms with E-state index in [0.717, 1.165) is 5.56 Å². The van der Waals surface area contributed by atoms with Crippen LogP contribution in [-0.2, 0) is 31.3 Å². The molecule has 11 heteroatoms. The molecule has 0 aromatic heterocycles. The maximum Gasteiger partial charge on any atom is 0.255 e. The number of rotatable bonds is 8. The molecule has 1 saturated heterocycles. The van der Waals surface area contributed by atoms with Crippen LogP contribution >= 0.6 is 0 Å². The summed E-state index contributed by atoms with van der Waals surface area (Å²) in [4.78, 5) is 12.8. The number of ether oxygens (including phenoxy) is 1. The number of morpholine rings is 1. The Morgan fingerprint density at radius 3 is 2.26 bits per heavy atom. The topological polar surface area (TPSA) is 122 Å². The summed E-state index contributed by atoms with van der Waals surface area (Å²) in [5, 5.41) is 2.65. The Morgan fingerprint density at radius 1 is 0.829 bits per heavy atom. The van der Waals surface area contributed by atoms with Crippen molar-refractivity contribution in [2.24, 2.45) is 0 Å². The summed E-state index contributed by atoms with van der Waals surface area (Å²) in [5.74, 6) is -0.564. The van der Waals surface area contributed by atoms with Gasteiger partial charge in [0.1, 0.15) is 0 Å². The van der Waals surface area contributed by atoms with Crippen molar-refractivity contribution < 1.29 is 26.4 Å². The summed E-state index contributed by atoms with van der Waals surface area (Å²) in [5.41, 5.74) is 1.20. The van der Waals surface area contributed by atoms with Gasteiger partial charge < -0.3 is 10.1 Å². The second-order valence-corrected chi connectivity index (χ2v) is 11.5. The van der Waals surface area contributed by atoms with Gasteiger partial charge in [-0.2, -0.15) is 4.31 Å². The van der Waals surface area contributed by atoms with Gasteiger partial charge in [-0.05, 0) is 42.0 Å². The summed E-state index contributed by atoms with van der Waals surface area (Å²) in [7, 11) is -7.58. The van der Waals surface area contributed by atoms with Crippen molar-refractivity contribution in [3.63, 3.8) is 0 Å². The second-order valence-electron chi connectivity index (χ2n) is 7.84. The molecular formula is C24H25N3O6S2. The van der Waals surface area contributed by atoms with Crippen LogP contribution in [0, 0.1) is 0 Å². The molecule has 1 fully saturated rings. The minimum absolute atomic E-state index is 0.0512. The number of benzene rings is 3. The van der Waals surface area contributed by atoms with Gasteiger partial charge in [0.25, 0.3) is 5.91 Å². The Balaban J connectivity index is 1.48. The van der Waals surface area contributed by atoms with Crippen molar-refractivity contribution in [2.75, 3.05) is 31.6 Å². The molecule has 0 aliphatic carbocycles.